The van der Waals surface area contributed by atoms with Gasteiger partial charge in [-0.25, -0.2) is 0 Å². The minimum Gasteiger partial charge on any atom is -0.738 e. The maximum Gasteiger partial charge on any atom is 0.296 e. The van der Waals surface area contributed by atoms with Gasteiger partial charge in [-0.2, -0.15) is 0 Å². The van der Waals surface area contributed by atoms with Crippen molar-refractivity contribution in [1.82, 2.24) is 9.66 Å². The van der Waals surface area contributed by atoms with Crippen molar-refractivity contribution < 1.29 is 4.92 Å². The number of aromatic nitrogens is 2. The molecule has 7 heteroatoms. The molecule has 0 atom stereocenters. The molecule has 0 saturated heterocycles. The number of para-hydroxylation sites is 1. The van der Waals surface area contributed by atoms with Crippen LogP contribution in [0.2, 0.25) is 0 Å². The summed E-state index contributed by atoms with van der Waals surface area (Å²) >= 11 is 0. The first kappa shape index (κ1) is 12.1. The van der Waals surface area contributed by atoms with Crippen LogP contribution in [0, 0.1) is 15.3 Å². The monoisotopic (exact) mass is 269 g/mol. The number of hydrogen-bond donors (Lipinski definition) is 0. The highest BCUT2D eigenvalue weighted by molar-refractivity contribution is 5.81. The van der Waals surface area contributed by atoms with Gasteiger partial charge in [-0.05, 0) is 12.1 Å². The van der Waals surface area contributed by atoms with Gasteiger partial charge in [-0.15, -0.1) is 0 Å². The van der Waals surface area contributed by atoms with E-state index in [1.807, 2.05) is 12.1 Å². The quantitative estimate of drug-likeness (QED) is 0.539. The summed E-state index contributed by atoms with van der Waals surface area (Å²) in [6.45, 7) is 0. The first-order valence-corrected chi connectivity index (χ1v) is 5.80. The second kappa shape index (κ2) is 4.63. The number of nitrogens with zero attached hydrogens (tertiary/aromatic N) is 4. The van der Waals surface area contributed by atoms with Crippen LogP contribution in [0.15, 0.2) is 55.0 Å². The predicted octanol–water partition coefficient (Wildman–Crippen LogP) is 2.71. The zero-order valence-electron chi connectivity index (χ0n) is 10.2. The van der Waals surface area contributed by atoms with E-state index < -0.39 is 4.92 Å². The number of rotatable bonds is 3. The highest BCUT2D eigenvalue weighted by Gasteiger charge is 2.16. The SMILES string of the molecule is O=[N+]([O-])c1ccncc1N([O-])n1ccc2ccccc21. The van der Waals surface area contributed by atoms with Gasteiger partial charge in [0.15, 0.2) is 0 Å². The second-order valence-electron chi connectivity index (χ2n) is 4.11. The molecule has 0 aliphatic carbocycles. The minimum atomic E-state index is -0.604. The maximum absolute atomic E-state index is 12.4. The van der Waals surface area contributed by atoms with Crippen LogP contribution in [0.4, 0.5) is 11.4 Å². The molecule has 3 aromatic rings. The van der Waals surface area contributed by atoms with Crippen LogP contribution in [-0.2, 0) is 0 Å². The Hall–Kier alpha value is -2.93. The van der Waals surface area contributed by atoms with Gasteiger partial charge in [0.1, 0.15) is 5.69 Å². The number of fused-ring (bicyclic) bond motifs is 1. The molecule has 0 amide bonds. The van der Waals surface area contributed by atoms with Crippen molar-refractivity contribution >= 4 is 22.3 Å². The first-order valence-electron chi connectivity index (χ1n) is 5.80. The van der Waals surface area contributed by atoms with Gasteiger partial charge in [0.2, 0.25) is 0 Å². The lowest BCUT2D eigenvalue weighted by atomic mass is 10.3. The molecule has 20 heavy (non-hydrogen) atoms. The molecule has 7 nitrogen and oxygen atoms in total. The van der Waals surface area contributed by atoms with Crippen molar-refractivity contribution in [2.24, 2.45) is 0 Å². The number of pyridine rings is 1. The molecule has 0 aliphatic rings. The van der Waals surface area contributed by atoms with Crippen LogP contribution < -0.4 is 5.17 Å². The van der Waals surface area contributed by atoms with Crippen LogP contribution in [0.1, 0.15) is 0 Å². The summed E-state index contributed by atoms with van der Waals surface area (Å²) in [7, 11) is 0. The molecule has 2 heterocycles. The summed E-state index contributed by atoms with van der Waals surface area (Å²) in [6.07, 6.45) is 4.03. The molecule has 2 aromatic heterocycles. The molecule has 0 spiro atoms. The molecular weight excluding hydrogens is 260 g/mol. The molecule has 3 rings (SSSR count). The normalized spacial score (nSPS) is 10.7. The average molecular weight is 269 g/mol. The molecule has 1 aromatic carbocycles. The molecule has 0 unspecified atom stereocenters. The number of anilines is 1. The third-order valence-electron chi connectivity index (χ3n) is 2.96. The Morgan fingerprint density at radius 1 is 1.20 bits per heavy atom. The van der Waals surface area contributed by atoms with E-state index in [1.165, 1.54) is 23.1 Å². The smallest absolute Gasteiger partial charge is 0.296 e. The van der Waals surface area contributed by atoms with Gasteiger partial charge in [0.25, 0.3) is 5.69 Å². The topological polar surface area (TPSA) is 87.3 Å². The third-order valence-corrected chi connectivity index (χ3v) is 2.96. The number of hydrogen-bond acceptors (Lipinski definition) is 5. The summed E-state index contributed by atoms with van der Waals surface area (Å²) in [4.78, 5) is 14.1. The van der Waals surface area contributed by atoms with E-state index in [9.17, 15) is 15.3 Å². The van der Waals surface area contributed by atoms with Crippen molar-refractivity contribution in [3.63, 3.8) is 0 Å². The molecule has 0 saturated carbocycles. The fourth-order valence-electron chi connectivity index (χ4n) is 2.02. The Kier molecular flexibility index (Phi) is 2.81. The van der Waals surface area contributed by atoms with Crippen LogP contribution in [-0.4, -0.2) is 14.6 Å². The fraction of sp³-hybridized carbons (Fsp3) is 0. The van der Waals surface area contributed by atoms with E-state index in [4.69, 9.17) is 0 Å². The Labute approximate surface area is 113 Å². The zero-order chi connectivity index (χ0) is 14.1. The third kappa shape index (κ3) is 1.86. The standard InChI is InChI=1S/C13H9N4O3/c18-16(13-9-14-7-5-12(13)17(19)20)15-8-6-10-3-1-2-4-11(10)15/h1-9H/q-1. The average Bonchev–Trinajstić information content (AvgIpc) is 2.90. The highest BCUT2D eigenvalue weighted by atomic mass is 16.6. The van der Waals surface area contributed by atoms with Crippen molar-refractivity contribution in [3.05, 3.63) is 70.3 Å². The Bertz CT molecular complexity index is 784. The molecule has 100 valence electrons. The molecule has 0 fully saturated rings. The zero-order valence-corrected chi connectivity index (χ0v) is 10.2. The van der Waals surface area contributed by atoms with E-state index in [2.05, 4.69) is 4.98 Å². The molecular formula is C13H9N4O3-. The molecule has 0 N–H and O–H groups in total. The van der Waals surface area contributed by atoms with E-state index >= 15 is 0 Å². The summed E-state index contributed by atoms with van der Waals surface area (Å²) in [6, 6.07) is 10.2. The fourth-order valence-corrected chi connectivity index (χ4v) is 2.02. The van der Waals surface area contributed by atoms with Crippen molar-refractivity contribution in [3.8, 4) is 0 Å². The first-order chi connectivity index (χ1) is 9.68. The van der Waals surface area contributed by atoms with Crippen molar-refractivity contribution in [2.45, 2.75) is 0 Å². The maximum atomic E-state index is 12.4. The highest BCUT2D eigenvalue weighted by Crippen LogP contribution is 2.28. The van der Waals surface area contributed by atoms with Gasteiger partial charge in [0, 0.05) is 23.8 Å². The minimum absolute atomic E-state index is 0.112. The Balaban J connectivity index is 2.13. The summed E-state index contributed by atoms with van der Waals surface area (Å²) < 4.78 is 1.30. The van der Waals surface area contributed by atoms with E-state index in [-0.39, 0.29) is 11.4 Å². The van der Waals surface area contributed by atoms with Crippen molar-refractivity contribution in [1.29, 1.82) is 0 Å². The number of nitro groups is 1. The van der Waals surface area contributed by atoms with Gasteiger partial charge in [-0.1, -0.05) is 18.2 Å². The largest absolute Gasteiger partial charge is 0.738 e. The van der Waals surface area contributed by atoms with E-state index in [1.54, 1.807) is 24.4 Å². The van der Waals surface area contributed by atoms with Crippen LogP contribution in [0.5, 0.6) is 0 Å². The van der Waals surface area contributed by atoms with Crippen LogP contribution in [0.3, 0.4) is 0 Å². The summed E-state index contributed by atoms with van der Waals surface area (Å²) in [5.74, 6) is 0. The van der Waals surface area contributed by atoms with Crippen LogP contribution in [0.25, 0.3) is 10.9 Å². The van der Waals surface area contributed by atoms with Gasteiger partial charge in [0.05, 0.1) is 16.6 Å². The number of benzene rings is 1. The van der Waals surface area contributed by atoms with Crippen LogP contribution >= 0.6 is 0 Å². The summed E-state index contributed by atoms with van der Waals surface area (Å²) in [5, 5.41) is 24.7. The predicted molar refractivity (Wildman–Crippen MR) is 74.1 cm³/mol. The lowest BCUT2D eigenvalue weighted by Gasteiger charge is -2.31. The molecule has 0 bridgehead atoms. The van der Waals surface area contributed by atoms with Crippen molar-refractivity contribution in [2.75, 3.05) is 5.17 Å². The van der Waals surface area contributed by atoms with E-state index in [0.29, 0.717) is 10.7 Å². The summed E-state index contributed by atoms with van der Waals surface area (Å²) in [5.41, 5.74) is 0.271. The molecule has 0 radical (unpaired) electrons. The lowest BCUT2D eigenvalue weighted by molar-refractivity contribution is -0.384. The second-order valence-corrected chi connectivity index (χ2v) is 4.11. The van der Waals surface area contributed by atoms with Gasteiger partial charge < -0.3 is 10.4 Å². The van der Waals surface area contributed by atoms with Gasteiger partial charge in [-0.3, -0.25) is 19.8 Å². The Morgan fingerprint density at radius 2 is 2.00 bits per heavy atom. The lowest BCUT2D eigenvalue weighted by Crippen LogP contribution is -2.22. The Morgan fingerprint density at radius 3 is 2.80 bits per heavy atom. The molecule has 0 aliphatic heterocycles. The van der Waals surface area contributed by atoms with Gasteiger partial charge >= 0.3 is 0 Å². The van der Waals surface area contributed by atoms with E-state index in [0.717, 1.165) is 5.39 Å².